The van der Waals surface area contributed by atoms with Gasteiger partial charge in [0.2, 0.25) is 0 Å². The molecular formula is C32H31ClN4O4. The third-order valence-corrected chi connectivity index (χ3v) is 7.62. The van der Waals surface area contributed by atoms with Gasteiger partial charge in [-0.15, -0.1) is 5.10 Å². The van der Waals surface area contributed by atoms with Crippen molar-refractivity contribution in [1.29, 1.82) is 0 Å². The second-order valence-electron chi connectivity index (χ2n) is 10.2. The summed E-state index contributed by atoms with van der Waals surface area (Å²) in [5, 5.41) is 8.23. The van der Waals surface area contributed by atoms with Gasteiger partial charge in [-0.2, -0.15) is 5.10 Å². The first-order chi connectivity index (χ1) is 20.1. The van der Waals surface area contributed by atoms with Gasteiger partial charge >= 0.3 is 0 Å². The SMILES string of the molecule is C[C@@]1(OCc2ccccc2)[C@H](OCc2ccccc2)[C@@H](COCc2ccccc2)O[C@H]1n1cnc2c(Cl)nncc21. The van der Waals surface area contributed by atoms with Crippen LogP contribution in [-0.4, -0.2) is 44.2 Å². The van der Waals surface area contributed by atoms with E-state index in [-0.39, 0.29) is 5.15 Å². The third kappa shape index (κ3) is 6.02. The highest BCUT2D eigenvalue weighted by Crippen LogP contribution is 2.45. The molecule has 0 aliphatic carbocycles. The molecule has 2 aromatic heterocycles. The summed E-state index contributed by atoms with van der Waals surface area (Å²) in [6.07, 6.45) is 1.80. The number of rotatable bonds is 11. The number of nitrogens with zero attached hydrogens (tertiary/aromatic N) is 4. The van der Waals surface area contributed by atoms with Gasteiger partial charge in [0.05, 0.1) is 44.5 Å². The molecule has 0 radical (unpaired) electrons. The van der Waals surface area contributed by atoms with E-state index in [4.69, 9.17) is 30.5 Å². The van der Waals surface area contributed by atoms with E-state index >= 15 is 0 Å². The van der Waals surface area contributed by atoms with E-state index in [1.165, 1.54) is 0 Å². The van der Waals surface area contributed by atoms with Crippen molar-refractivity contribution < 1.29 is 18.9 Å². The fraction of sp³-hybridized carbons (Fsp3) is 0.281. The number of aromatic nitrogens is 4. The first-order valence-corrected chi connectivity index (χ1v) is 13.9. The fourth-order valence-corrected chi connectivity index (χ4v) is 5.43. The molecule has 0 spiro atoms. The second kappa shape index (κ2) is 12.5. The Morgan fingerprint density at radius 2 is 1.46 bits per heavy atom. The van der Waals surface area contributed by atoms with Crippen molar-refractivity contribution in [1.82, 2.24) is 19.7 Å². The van der Waals surface area contributed by atoms with Gasteiger partial charge in [0, 0.05) is 0 Å². The lowest BCUT2D eigenvalue weighted by Gasteiger charge is -2.36. The Kier molecular flexibility index (Phi) is 8.36. The molecule has 3 heterocycles. The van der Waals surface area contributed by atoms with Crippen LogP contribution in [0.15, 0.2) is 104 Å². The predicted octanol–water partition coefficient (Wildman–Crippen LogP) is 6.15. The molecule has 1 aliphatic heterocycles. The summed E-state index contributed by atoms with van der Waals surface area (Å²) < 4.78 is 28.3. The summed E-state index contributed by atoms with van der Waals surface area (Å²) in [7, 11) is 0. The quantitative estimate of drug-likeness (QED) is 0.188. The summed E-state index contributed by atoms with van der Waals surface area (Å²) >= 11 is 6.32. The van der Waals surface area contributed by atoms with Gasteiger partial charge in [-0.1, -0.05) is 103 Å². The van der Waals surface area contributed by atoms with E-state index in [1.807, 2.05) is 102 Å². The predicted molar refractivity (Wildman–Crippen MR) is 155 cm³/mol. The van der Waals surface area contributed by atoms with Crippen molar-refractivity contribution in [2.24, 2.45) is 0 Å². The minimum Gasteiger partial charge on any atom is -0.374 e. The maximum atomic E-state index is 6.76. The van der Waals surface area contributed by atoms with Crippen molar-refractivity contribution >= 4 is 22.6 Å². The lowest BCUT2D eigenvalue weighted by molar-refractivity contribution is -0.160. The number of halogens is 1. The Hall–Kier alpha value is -3.66. The van der Waals surface area contributed by atoms with Crippen LogP contribution in [0.4, 0.5) is 0 Å². The van der Waals surface area contributed by atoms with Crippen LogP contribution in [-0.2, 0) is 38.8 Å². The molecule has 0 bridgehead atoms. The molecular weight excluding hydrogens is 540 g/mol. The van der Waals surface area contributed by atoms with Gasteiger partial charge in [0.1, 0.15) is 23.3 Å². The molecule has 9 heteroatoms. The Morgan fingerprint density at radius 3 is 2.12 bits per heavy atom. The summed E-state index contributed by atoms with van der Waals surface area (Å²) in [5.41, 5.74) is 3.48. The highest BCUT2D eigenvalue weighted by atomic mass is 35.5. The van der Waals surface area contributed by atoms with Gasteiger partial charge < -0.3 is 18.9 Å². The Labute approximate surface area is 243 Å². The minimum atomic E-state index is -0.936. The number of benzene rings is 3. The van der Waals surface area contributed by atoms with E-state index in [9.17, 15) is 0 Å². The lowest BCUT2D eigenvalue weighted by atomic mass is 9.95. The molecule has 0 unspecified atom stereocenters. The third-order valence-electron chi connectivity index (χ3n) is 7.36. The summed E-state index contributed by atoms with van der Waals surface area (Å²) in [6.45, 7) is 3.55. The highest BCUT2D eigenvalue weighted by molar-refractivity contribution is 6.33. The lowest BCUT2D eigenvalue weighted by Crippen LogP contribution is -2.48. The molecule has 0 amide bonds. The maximum absolute atomic E-state index is 6.76. The standard InChI is InChI=1S/C32H31ClN4O4/c1-32(40-20-25-15-9-4-10-16-25)29(39-19-24-13-7-3-8-14-24)27(21-38-18-23-11-5-2-6-12-23)41-31(32)37-22-34-28-26(37)17-35-36-30(28)33/h2-17,22,27,29,31H,18-21H2,1H3/t27-,29-,31-,32-/m1/s1. The normalized spacial score (nSPS) is 22.3. The summed E-state index contributed by atoms with van der Waals surface area (Å²) in [6, 6.07) is 30.2. The van der Waals surface area contributed by atoms with E-state index in [2.05, 4.69) is 15.2 Å². The van der Waals surface area contributed by atoms with Crippen LogP contribution in [0.2, 0.25) is 5.15 Å². The number of imidazole rings is 1. The maximum Gasteiger partial charge on any atom is 0.179 e. The molecule has 1 saturated heterocycles. The van der Waals surface area contributed by atoms with Gasteiger partial charge in [-0.25, -0.2) is 4.98 Å². The van der Waals surface area contributed by atoms with Gasteiger partial charge in [-0.05, 0) is 23.6 Å². The number of ether oxygens (including phenoxy) is 4. The average molecular weight is 571 g/mol. The van der Waals surface area contributed by atoms with Crippen LogP contribution in [0.5, 0.6) is 0 Å². The molecule has 1 aliphatic rings. The first kappa shape index (κ1) is 27.5. The number of hydrogen-bond donors (Lipinski definition) is 0. The minimum absolute atomic E-state index is 0.228. The highest BCUT2D eigenvalue weighted by Gasteiger charge is 2.57. The van der Waals surface area contributed by atoms with E-state index in [0.717, 1.165) is 16.7 Å². The molecule has 3 aromatic carbocycles. The van der Waals surface area contributed by atoms with Crippen molar-refractivity contribution in [2.75, 3.05) is 6.61 Å². The van der Waals surface area contributed by atoms with Crippen LogP contribution in [0.3, 0.4) is 0 Å². The van der Waals surface area contributed by atoms with Gasteiger partial charge in [0.25, 0.3) is 0 Å². The molecule has 8 nitrogen and oxygen atoms in total. The van der Waals surface area contributed by atoms with Crippen molar-refractivity contribution in [3.63, 3.8) is 0 Å². The topological polar surface area (TPSA) is 80.5 Å². The molecule has 1 fully saturated rings. The summed E-state index contributed by atoms with van der Waals surface area (Å²) in [4.78, 5) is 4.51. The molecule has 6 rings (SSSR count). The summed E-state index contributed by atoms with van der Waals surface area (Å²) in [5.74, 6) is 0. The Balaban J connectivity index is 1.34. The zero-order valence-electron chi connectivity index (χ0n) is 22.7. The van der Waals surface area contributed by atoms with Gasteiger partial charge in [-0.3, -0.25) is 4.57 Å². The zero-order chi connectivity index (χ0) is 28.1. The van der Waals surface area contributed by atoms with Crippen LogP contribution in [0.25, 0.3) is 11.0 Å². The average Bonchev–Trinajstić information content (AvgIpc) is 3.56. The molecule has 41 heavy (non-hydrogen) atoms. The Morgan fingerprint density at radius 1 is 0.854 bits per heavy atom. The van der Waals surface area contributed by atoms with E-state index < -0.39 is 24.0 Å². The van der Waals surface area contributed by atoms with Crippen LogP contribution in [0.1, 0.15) is 29.8 Å². The Bertz CT molecular complexity index is 1550. The van der Waals surface area contributed by atoms with Crippen LogP contribution < -0.4 is 0 Å². The number of hydrogen-bond acceptors (Lipinski definition) is 7. The van der Waals surface area contributed by atoms with Crippen LogP contribution in [0, 0.1) is 0 Å². The molecule has 0 saturated carbocycles. The molecule has 5 aromatic rings. The van der Waals surface area contributed by atoms with E-state index in [1.54, 1.807) is 12.5 Å². The second-order valence-corrected chi connectivity index (χ2v) is 10.6. The van der Waals surface area contributed by atoms with Crippen molar-refractivity contribution in [3.05, 3.63) is 125 Å². The van der Waals surface area contributed by atoms with Gasteiger partial charge in [0.15, 0.2) is 11.4 Å². The van der Waals surface area contributed by atoms with Crippen molar-refractivity contribution in [3.8, 4) is 0 Å². The smallest absolute Gasteiger partial charge is 0.179 e. The molecule has 210 valence electrons. The van der Waals surface area contributed by atoms with Crippen molar-refractivity contribution in [2.45, 2.75) is 50.8 Å². The zero-order valence-corrected chi connectivity index (χ0v) is 23.4. The van der Waals surface area contributed by atoms with Crippen LogP contribution >= 0.6 is 11.6 Å². The van der Waals surface area contributed by atoms with E-state index in [0.29, 0.717) is 37.5 Å². The fourth-order valence-electron chi connectivity index (χ4n) is 5.24. The molecule has 0 N–H and O–H groups in total. The first-order valence-electron chi connectivity index (χ1n) is 13.6. The number of fused-ring (bicyclic) bond motifs is 1. The molecule has 4 atom stereocenters. The monoisotopic (exact) mass is 570 g/mol. The largest absolute Gasteiger partial charge is 0.374 e.